The van der Waals surface area contributed by atoms with Gasteiger partial charge in [-0.3, -0.25) is 10.1 Å². The highest BCUT2D eigenvalue weighted by Crippen LogP contribution is 2.17. The summed E-state index contributed by atoms with van der Waals surface area (Å²) >= 11 is 0. The lowest BCUT2D eigenvalue weighted by atomic mass is 9.99. The summed E-state index contributed by atoms with van der Waals surface area (Å²) in [4.78, 5) is 12.2. The Bertz CT molecular complexity index is 600. The predicted molar refractivity (Wildman–Crippen MR) is 78.5 cm³/mol. The zero-order valence-electron chi connectivity index (χ0n) is 11.9. The number of sulfonamides is 1. The Kier molecular flexibility index (Phi) is 4.92. The first-order valence-electron chi connectivity index (χ1n) is 6.81. The molecule has 1 aromatic rings. The fraction of sp³-hybridized carbons (Fsp3) is 0.538. The van der Waals surface area contributed by atoms with Crippen molar-refractivity contribution in [2.45, 2.75) is 17.7 Å². The molecular weight excluding hydrogens is 294 g/mol. The molecule has 1 saturated heterocycles. The van der Waals surface area contributed by atoms with Crippen molar-refractivity contribution in [3.05, 3.63) is 34.4 Å². The number of hydrogen-bond donors (Lipinski definition) is 1. The summed E-state index contributed by atoms with van der Waals surface area (Å²) in [6, 6.07) is 4.91. The van der Waals surface area contributed by atoms with Crippen LogP contribution in [0.4, 0.5) is 5.69 Å². The van der Waals surface area contributed by atoms with Crippen LogP contribution in [-0.2, 0) is 10.0 Å². The van der Waals surface area contributed by atoms with Gasteiger partial charge in [0.15, 0.2) is 0 Å². The molecule has 2 rings (SSSR count). The molecule has 0 aromatic heterocycles. The zero-order chi connectivity index (χ0) is 15.5. The second-order valence-corrected chi connectivity index (χ2v) is 7.14. The van der Waals surface area contributed by atoms with Crippen molar-refractivity contribution >= 4 is 15.7 Å². The first-order valence-corrected chi connectivity index (χ1v) is 8.29. The molecule has 0 saturated carbocycles. The van der Waals surface area contributed by atoms with E-state index in [1.807, 2.05) is 7.05 Å². The number of nitro groups is 1. The van der Waals surface area contributed by atoms with Gasteiger partial charge in [-0.1, -0.05) is 0 Å². The van der Waals surface area contributed by atoms with Crippen molar-refractivity contribution in [3.63, 3.8) is 0 Å². The quantitative estimate of drug-likeness (QED) is 0.651. The van der Waals surface area contributed by atoms with E-state index < -0.39 is 14.9 Å². The van der Waals surface area contributed by atoms with Crippen LogP contribution in [0.15, 0.2) is 29.2 Å². The van der Waals surface area contributed by atoms with E-state index in [1.165, 1.54) is 24.3 Å². The molecule has 1 atom stereocenters. The van der Waals surface area contributed by atoms with Crippen molar-refractivity contribution < 1.29 is 13.3 Å². The monoisotopic (exact) mass is 313 g/mol. The smallest absolute Gasteiger partial charge is 0.269 e. The number of piperidine rings is 1. The number of nitro benzene ring substituents is 1. The summed E-state index contributed by atoms with van der Waals surface area (Å²) < 4.78 is 26.9. The predicted octanol–water partition coefficient (Wildman–Crippen LogP) is 1.21. The minimum Gasteiger partial charge on any atom is -0.306 e. The topological polar surface area (TPSA) is 92.6 Å². The Labute approximate surface area is 124 Å². The molecule has 8 heteroatoms. The maximum Gasteiger partial charge on any atom is 0.269 e. The largest absolute Gasteiger partial charge is 0.306 e. The minimum atomic E-state index is -3.61. The Morgan fingerprint density at radius 3 is 2.62 bits per heavy atom. The summed E-state index contributed by atoms with van der Waals surface area (Å²) in [5.41, 5.74) is -0.122. The van der Waals surface area contributed by atoms with Crippen molar-refractivity contribution in [1.82, 2.24) is 9.62 Å². The molecule has 0 aliphatic carbocycles. The first kappa shape index (κ1) is 15.9. The van der Waals surface area contributed by atoms with Crippen molar-refractivity contribution in [1.29, 1.82) is 0 Å². The van der Waals surface area contributed by atoms with Crippen LogP contribution in [0.2, 0.25) is 0 Å². The van der Waals surface area contributed by atoms with Gasteiger partial charge in [-0.25, -0.2) is 13.1 Å². The van der Waals surface area contributed by atoms with Gasteiger partial charge < -0.3 is 4.90 Å². The highest BCUT2D eigenvalue weighted by molar-refractivity contribution is 7.89. The van der Waals surface area contributed by atoms with Gasteiger partial charge in [-0.05, 0) is 44.5 Å². The molecule has 1 aromatic carbocycles. The third kappa shape index (κ3) is 4.23. The van der Waals surface area contributed by atoms with Gasteiger partial charge >= 0.3 is 0 Å². The van der Waals surface area contributed by atoms with E-state index in [1.54, 1.807) is 0 Å². The van der Waals surface area contributed by atoms with Crippen LogP contribution in [0.1, 0.15) is 12.8 Å². The fourth-order valence-corrected chi connectivity index (χ4v) is 3.61. The Hall–Kier alpha value is -1.51. The van der Waals surface area contributed by atoms with Gasteiger partial charge in [-0.15, -0.1) is 0 Å². The number of non-ortho nitro benzene ring substituents is 1. The van der Waals surface area contributed by atoms with E-state index in [0.717, 1.165) is 25.9 Å². The number of nitrogens with zero attached hydrogens (tertiary/aromatic N) is 2. The molecule has 0 bridgehead atoms. The highest BCUT2D eigenvalue weighted by Gasteiger charge is 2.21. The lowest BCUT2D eigenvalue weighted by Gasteiger charge is -2.29. The molecule has 1 fully saturated rings. The average Bonchev–Trinajstić information content (AvgIpc) is 2.45. The average molecular weight is 313 g/mol. The van der Waals surface area contributed by atoms with Gasteiger partial charge in [0, 0.05) is 25.2 Å². The van der Waals surface area contributed by atoms with E-state index >= 15 is 0 Å². The van der Waals surface area contributed by atoms with Crippen LogP contribution in [-0.4, -0.2) is 44.9 Å². The van der Waals surface area contributed by atoms with Crippen LogP contribution in [0.25, 0.3) is 0 Å². The summed E-state index contributed by atoms with van der Waals surface area (Å²) in [6.07, 6.45) is 2.08. The third-order valence-electron chi connectivity index (χ3n) is 3.64. The second-order valence-electron chi connectivity index (χ2n) is 5.37. The van der Waals surface area contributed by atoms with Gasteiger partial charge in [0.05, 0.1) is 9.82 Å². The van der Waals surface area contributed by atoms with E-state index in [2.05, 4.69) is 9.62 Å². The van der Waals surface area contributed by atoms with E-state index in [4.69, 9.17) is 0 Å². The molecule has 21 heavy (non-hydrogen) atoms. The summed E-state index contributed by atoms with van der Waals surface area (Å²) in [5, 5.41) is 10.6. The Morgan fingerprint density at radius 1 is 1.38 bits per heavy atom. The lowest BCUT2D eigenvalue weighted by Crippen LogP contribution is -2.39. The SMILES string of the molecule is CN1CCCC(CNS(=O)(=O)c2ccc([N+](=O)[O-])cc2)C1. The number of likely N-dealkylation sites (tertiary alicyclic amines) is 1. The molecule has 1 N–H and O–H groups in total. The molecule has 0 radical (unpaired) electrons. The van der Waals surface area contributed by atoms with Crippen molar-refractivity contribution in [2.24, 2.45) is 5.92 Å². The number of rotatable bonds is 5. The maximum atomic E-state index is 12.1. The van der Waals surface area contributed by atoms with Crippen LogP contribution in [0.5, 0.6) is 0 Å². The Balaban J connectivity index is 1.99. The van der Waals surface area contributed by atoms with Crippen LogP contribution >= 0.6 is 0 Å². The molecule has 1 aliphatic rings. The van der Waals surface area contributed by atoms with Crippen LogP contribution < -0.4 is 4.72 Å². The maximum absolute atomic E-state index is 12.1. The van der Waals surface area contributed by atoms with E-state index in [9.17, 15) is 18.5 Å². The summed E-state index contributed by atoms with van der Waals surface area (Å²) in [6.45, 7) is 2.32. The minimum absolute atomic E-state index is 0.0530. The molecule has 116 valence electrons. The van der Waals surface area contributed by atoms with E-state index in [0.29, 0.717) is 12.5 Å². The van der Waals surface area contributed by atoms with Gasteiger partial charge in [-0.2, -0.15) is 0 Å². The molecule has 1 unspecified atom stereocenters. The van der Waals surface area contributed by atoms with Gasteiger partial charge in [0.1, 0.15) is 0 Å². The molecule has 7 nitrogen and oxygen atoms in total. The Morgan fingerprint density at radius 2 is 2.05 bits per heavy atom. The van der Waals surface area contributed by atoms with Crippen molar-refractivity contribution in [3.8, 4) is 0 Å². The van der Waals surface area contributed by atoms with Crippen LogP contribution in [0, 0.1) is 16.0 Å². The fourth-order valence-electron chi connectivity index (χ4n) is 2.50. The number of nitrogens with one attached hydrogen (secondary N) is 1. The molecular formula is C13H19N3O4S. The lowest BCUT2D eigenvalue weighted by molar-refractivity contribution is -0.384. The standard InChI is InChI=1S/C13H19N3O4S/c1-15-8-2-3-11(10-15)9-14-21(19,20)13-6-4-12(5-7-13)16(17)18/h4-7,11,14H,2-3,8-10H2,1H3. The number of hydrogen-bond acceptors (Lipinski definition) is 5. The van der Waals surface area contributed by atoms with Gasteiger partial charge in [0.25, 0.3) is 5.69 Å². The highest BCUT2D eigenvalue weighted by atomic mass is 32.2. The third-order valence-corrected chi connectivity index (χ3v) is 5.08. The van der Waals surface area contributed by atoms with Gasteiger partial charge in [0.2, 0.25) is 10.0 Å². The molecule has 0 spiro atoms. The second kappa shape index (κ2) is 6.50. The van der Waals surface area contributed by atoms with E-state index in [-0.39, 0.29) is 10.6 Å². The summed E-state index contributed by atoms with van der Waals surface area (Å²) in [7, 11) is -1.59. The normalized spacial score (nSPS) is 20.3. The molecule has 1 aliphatic heterocycles. The first-order chi connectivity index (χ1) is 9.88. The molecule has 0 amide bonds. The van der Waals surface area contributed by atoms with Crippen molar-refractivity contribution in [2.75, 3.05) is 26.7 Å². The number of benzene rings is 1. The summed E-state index contributed by atoms with van der Waals surface area (Å²) in [5.74, 6) is 0.302. The van der Waals surface area contributed by atoms with Crippen LogP contribution in [0.3, 0.4) is 0 Å². The zero-order valence-corrected chi connectivity index (χ0v) is 12.7. The molecule has 1 heterocycles.